The van der Waals surface area contributed by atoms with Crippen molar-refractivity contribution in [1.29, 1.82) is 0 Å². The molecule has 2 saturated heterocycles. The molecule has 0 unspecified atom stereocenters. The van der Waals surface area contributed by atoms with Crippen molar-refractivity contribution in [2.24, 2.45) is 5.41 Å². The maximum absolute atomic E-state index is 10.5. The first-order valence-electron chi connectivity index (χ1n) is 6.19. The molecular weight excluding hydrogens is 204 g/mol. The van der Waals surface area contributed by atoms with E-state index in [0.29, 0.717) is 11.5 Å². The van der Waals surface area contributed by atoms with Crippen molar-refractivity contribution in [1.82, 2.24) is 9.80 Å². The van der Waals surface area contributed by atoms with E-state index >= 15 is 0 Å². The van der Waals surface area contributed by atoms with Crippen LogP contribution in [0.5, 0.6) is 0 Å². The number of aliphatic carboxylic acids is 1. The van der Waals surface area contributed by atoms with Crippen LogP contribution in [0.1, 0.15) is 26.7 Å². The molecule has 0 aromatic heterocycles. The Labute approximate surface area is 97.2 Å². The number of hydrogen-bond acceptors (Lipinski definition) is 3. The van der Waals surface area contributed by atoms with Gasteiger partial charge in [-0.25, -0.2) is 0 Å². The molecule has 4 heteroatoms. The average Bonchev–Trinajstić information content (AvgIpc) is 2.57. The average molecular weight is 226 g/mol. The van der Waals surface area contributed by atoms with Crippen LogP contribution in [0.25, 0.3) is 0 Å². The highest BCUT2D eigenvalue weighted by molar-refractivity contribution is 5.66. The van der Waals surface area contributed by atoms with Crippen molar-refractivity contribution in [3.05, 3.63) is 0 Å². The Kier molecular flexibility index (Phi) is 3.22. The molecular formula is C12H22N2O2. The molecule has 0 aromatic rings. The predicted molar refractivity (Wildman–Crippen MR) is 62.5 cm³/mol. The number of hydrogen-bond donors (Lipinski definition) is 1. The molecule has 2 fully saturated rings. The van der Waals surface area contributed by atoms with E-state index in [1.54, 1.807) is 0 Å². The van der Waals surface area contributed by atoms with Gasteiger partial charge in [-0.05, 0) is 26.8 Å². The minimum atomic E-state index is -0.684. The third-order valence-electron chi connectivity index (χ3n) is 3.96. The van der Waals surface area contributed by atoms with Gasteiger partial charge < -0.3 is 14.9 Å². The summed E-state index contributed by atoms with van der Waals surface area (Å²) < 4.78 is 0. The van der Waals surface area contributed by atoms with Crippen molar-refractivity contribution in [2.75, 3.05) is 32.7 Å². The normalized spacial score (nSPS) is 25.2. The third kappa shape index (κ3) is 2.38. The Morgan fingerprint density at radius 1 is 1.38 bits per heavy atom. The van der Waals surface area contributed by atoms with Gasteiger partial charge >= 0.3 is 5.97 Å². The summed E-state index contributed by atoms with van der Waals surface area (Å²) in [5.74, 6) is -0.684. The molecule has 16 heavy (non-hydrogen) atoms. The van der Waals surface area contributed by atoms with E-state index in [9.17, 15) is 4.79 Å². The predicted octanol–water partition coefficient (Wildman–Crippen LogP) is 0.877. The lowest BCUT2D eigenvalue weighted by Crippen LogP contribution is -2.57. The Hall–Kier alpha value is -0.610. The molecule has 1 N–H and O–H groups in total. The monoisotopic (exact) mass is 226 g/mol. The molecule has 0 aromatic carbocycles. The van der Waals surface area contributed by atoms with E-state index in [0.717, 1.165) is 19.6 Å². The number of rotatable bonds is 4. The fourth-order valence-corrected chi connectivity index (χ4v) is 2.98. The van der Waals surface area contributed by atoms with Gasteiger partial charge in [-0.15, -0.1) is 0 Å². The van der Waals surface area contributed by atoms with Crippen LogP contribution in [0, 0.1) is 5.41 Å². The lowest BCUT2D eigenvalue weighted by atomic mass is 9.79. The first-order valence-corrected chi connectivity index (χ1v) is 6.19. The molecule has 1 spiro atoms. The molecule has 2 aliphatic rings. The van der Waals surface area contributed by atoms with Crippen molar-refractivity contribution in [3.8, 4) is 0 Å². The molecule has 0 bridgehead atoms. The summed E-state index contributed by atoms with van der Waals surface area (Å²) in [6.45, 7) is 9.84. The summed E-state index contributed by atoms with van der Waals surface area (Å²) in [7, 11) is 0. The minimum Gasteiger partial charge on any atom is -0.481 e. The summed E-state index contributed by atoms with van der Waals surface area (Å²) in [6, 6.07) is 0.646. The first-order chi connectivity index (χ1) is 7.51. The van der Waals surface area contributed by atoms with Crippen LogP contribution in [0.4, 0.5) is 0 Å². The fourth-order valence-electron chi connectivity index (χ4n) is 2.98. The summed E-state index contributed by atoms with van der Waals surface area (Å²) in [5, 5.41) is 8.62. The van der Waals surface area contributed by atoms with Crippen LogP contribution in [-0.2, 0) is 4.79 Å². The third-order valence-corrected chi connectivity index (χ3v) is 3.96. The lowest BCUT2D eigenvalue weighted by Gasteiger charge is -2.48. The smallest absolute Gasteiger partial charge is 0.304 e. The van der Waals surface area contributed by atoms with Gasteiger partial charge in [0.15, 0.2) is 0 Å². The molecule has 4 nitrogen and oxygen atoms in total. The quantitative estimate of drug-likeness (QED) is 0.773. The Balaban J connectivity index is 1.73. The lowest BCUT2D eigenvalue weighted by molar-refractivity contribution is -0.138. The van der Waals surface area contributed by atoms with Crippen molar-refractivity contribution >= 4 is 5.97 Å². The molecule has 0 aliphatic carbocycles. The zero-order valence-corrected chi connectivity index (χ0v) is 10.3. The van der Waals surface area contributed by atoms with Gasteiger partial charge in [-0.1, -0.05) is 0 Å². The van der Waals surface area contributed by atoms with E-state index in [4.69, 9.17) is 5.11 Å². The summed E-state index contributed by atoms with van der Waals surface area (Å²) >= 11 is 0. The van der Waals surface area contributed by atoms with Crippen molar-refractivity contribution in [3.63, 3.8) is 0 Å². The SMILES string of the molecule is CC(C)N1CCC2(CN(CCC(=O)O)C2)C1. The van der Waals surface area contributed by atoms with Gasteiger partial charge in [0.2, 0.25) is 0 Å². The maximum Gasteiger partial charge on any atom is 0.304 e. The maximum atomic E-state index is 10.5. The molecule has 2 rings (SSSR count). The number of carboxylic acids is 1. The van der Waals surface area contributed by atoms with Crippen LogP contribution in [0.15, 0.2) is 0 Å². The first kappa shape index (κ1) is 11.9. The standard InChI is InChI=1S/C12H22N2O2/c1-10(2)14-6-4-12(9-14)7-13(8-12)5-3-11(15)16/h10H,3-9H2,1-2H3,(H,15,16). The van der Waals surface area contributed by atoms with Crippen LogP contribution < -0.4 is 0 Å². The van der Waals surface area contributed by atoms with Crippen LogP contribution in [0.2, 0.25) is 0 Å². The van der Waals surface area contributed by atoms with E-state index in [1.165, 1.54) is 19.5 Å². The second-order valence-corrected chi connectivity index (χ2v) is 5.67. The second kappa shape index (κ2) is 4.34. The van der Waals surface area contributed by atoms with Gasteiger partial charge in [0.25, 0.3) is 0 Å². The van der Waals surface area contributed by atoms with Crippen LogP contribution in [-0.4, -0.2) is 59.6 Å². The zero-order valence-electron chi connectivity index (χ0n) is 10.3. The molecule has 0 atom stereocenters. The van der Waals surface area contributed by atoms with Gasteiger partial charge in [-0.3, -0.25) is 4.79 Å². The number of carboxylic acid groups (broad SMARTS) is 1. The topological polar surface area (TPSA) is 43.8 Å². The zero-order chi connectivity index (χ0) is 11.8. The molecule has 92 valence electrons. The van der Waals surface area contributed by atoms with E-state index in [-0.39, 0.29) is 6.42 Å². The van der Waals surface area contributed by atoms with Crippen molar-refractivity contribution in [2.45, 2.75) is 32.7 Å². The van der Waals surface area contributed by atoms with Gasteiger partial charge in [0, 0.05) is 37.6 Å². The van der Waals surface area contributed by atoms with E-state index in [1.807, 2.05) is 0 Å². The Morgan fingerprint density at radius 3 is 2.56 bits per heavy atom. The van der Waals surface area contributed by atoms with Crippen molar-refractivity contribution < 1.29 is 9.90 Å². The highest BCUT2D eigenvalue weighted by Crippen LogP contribution is 2.39. The van der Waals surface area contributed by atoms with Gasteiger partial charge in [0.05, 0.1) is 6.42 Å². The summed E-state index contributed by atoms with van der Waals surface area (Å²) in [4.78, 5) is 15.3. The second-order valence-electron chi connectivity index (χ2n) is 5.67. The van der Waals surface area contributed by atoms with Crippen LogP contribution >= 0.6 is 0 Å². The molecule has 2 aliphatic heterocycles. The summed E-state index contributed by atoms with van der Waals surface area (Å²) in [5.41, 5.74) is 0.489. The fraction of sp³-hybridized carbons (Fsp3) is 0.917. The number of likely N-dealkylation sites (tertiary alicyclic amines) is 2. The molecule has 0 saturated carbocycles. The van der Waals surface area contributed by atoms with Crippen LogP contribution in [0.3, 0.4) is 0 Å². The number of carbonyl (C=O) groups is 1. The largest absolute Gasteiger partial charge is 0.481 e. The molecule has 0 amide bonds. The van der Waals surface area contributed by atoms with Gasteiger partial charge in [-0.2, -0.15) is 0 Å². The minimum absolute atomic E-state index is 0.282. The molecule has 0 radical (unpaired) electrons. The Bertz CT molecular complexity index is 272. The highest BCUT2D eigenvalue weighted by Gasteiger charge is 2.47. The summed E-state index contributed by atoms with van der Waals surface area (Å²) in [6.07, 6.45) is 1.57. The highest BCUT2D eigenvalue weighted by atomic mass is 16.4. The number of nitrogens with zero attached hydrogens (tertiary/aromatic N) is 2. The Morgan fingerprint density at radius 2 is 2.06 bits per heavy atom. The van der Waals surface area contributed by atoms with E-state index < -0.39 is 5.97 Å². The van der Waals surface area contributed by atoms with Gasteiger partial charge in [0.1, 0.15) is 0 Å². The van der Waals surface area contributed by atoms with E-state index in [2.05, 4.69) is 23.6 Å². The molecule has 2 heterocycles.